The number of carbonyl (C=O) groups is 2. The van der Waals surface area contributed by atoms with Gasteiger partial charge < -0.3 is 10.0 Å². The molecule has 0 aliphatic carbocycles. The van der Waals surface area contributed by atoms with E-state index in [2.05, 4.69) is 0 Å². The fourth-order valence-corrected chi connectivity index (χ4v) is 2.05. The van der Waals surface area contributed by atoms with Crippen LogP contribution >= 0.6 is 0 Å². The first-order chi connectivity index (χ1) is 8.58. The van der Waals surface area contributed by atoms with Gasteiger partial charge in [0.2, 0.25) is 5.91 Å². The Morgan fingerprint density at radius 2 is 2.06 bits per heavy atom. The Kier molecular flexibility index (Phi) is 3.62. The zero-order valence-electron chi connectivity index (χ0n) is 10.3. The number of hydrogen-bond donors (Lipinski definition) is 1. The monoisotopic (exact) mass is 248 g/mol. The van der Waals surface area contributed by atoms with Crippen molar-refractivity contribution in [1.29, 1.82) is 0 Å². The van der Waals surface area contributed by atoms with Gasteiger partial charge in [0, 0.05) is 26.7 Å². The first-order valence-electron chi connectivity index (χ1n) is 5.85. The maximum Gasteiger partial charge on any atom is 0.336 e. The molecule has 0 atom stereocenters. The molecule has 0 spiro atoms. The zero-order valence-corrected chi connectivity index (χ0v) is 10.3. The van der Waals surface area contributed by atoms with E-state index in [-0.39, 0.29) is 5.91 Å². The average molecular weight is 248 g/mol. The van der Waals surface area contributed by atoms with E-state index < -0.39 is 5.97 Å². The molecule has 5 heteroatoms. The van der Waals surface area contributed by atoms with Crippen LogP contribution in [-0.4, -0.2) is 53.5 Å². The number of rotatable bonds is 3. The molecule has 5 nitrogen and oxygen atoms in total. The molecule has 2 rings (SSSR count). The number of amides is 1. The number of nitrogens with zero attached hydrogens (tertiary/aromatic N) is 2. The highest BCUT2D eigenvalue weighted by Crippen LogP contribution is 2.13. The molecule has 1 heterocycles. The predicted molar refractivity (Wildman–Crippen MR) is 66.3 cm³/mol. The molecule has 1 amide bonds. The van der Waals surface area contributed by atoms with Crippen LogP contribution in [0.4, 0.5) is 0 Å². The quantitative estimate of drug-likeness (QED) is 0.853. The van der Waals surface area contributed by atoms with Gasteiger partial charge in [-0.25, -0.2) is 4.79 Å². The van der Waals surface area contributed by atoms with Crippen LogP contribution in [-0.2, 0) is 11.3 Å². The second-order valence-electron chi connectivity index (χ2n) is 4.49. The van der Waals surface area contributed by atoms with Crippen molar-refractivity contribution in [3.05, 3.63) is 35.4 Å². The molecule has 0 aromatic heterocycles. The highest BCUT2D eigenvalue weighted by Gasteiger charge is 2.22. The molecule has 1 aliphatic heterocycles. The summed E-state index contributed by atoms with van der Waals surface area (Å²) in [7, 11) is 1.78. The van der Waals surface area contributed by atoms with Crippen molar-refractivity contribution in [2.24, 2.45) is 0 Å². The molecule has 1 aromatic rings. The lowest BCUT2D eigenvalue weighted by Crippen LogP contribution is -2.48. The van der Waals surface area contributed by atoms with Gasteiger partial charge in [-0.2, -0.15) is 0 Å². The van der Waals surface area contributed by atoms with Crippen molar-refractivity contribution in [3.8, 4) is 0 Å². The summed E-state index contributed by atoms with van der Waals surface area (Å²) in [6.07, 6.45) is 0. The van der Waals surface area contributed by atoms with Crippen molar-refractivity contribution in [3.63, 3.8) is 0 Å². The predicted octanol–water partition coefficient (Wildman–Crippen LogP) is 0.659. The highest BCUT2D eigenvalue weighted by molar-refractivity contribution is 5.89. The van der Waals surface area contributed by atoms with Crippen LogP contribution in [0.2, 0.25) is 0 Å². The molecule has 0 saturated carbocycles. The number of carboxylic acids is 1. The van der Waals surface area contributed by atoms with Gasteiger partial charge in [-0.3, -0.25) is 9.69 Å². The number of carbonyl (C=O) groups excluding carboxylic acids is 1. The summed E-state index contributed by atoms with van der Waals surface area (Å²) in [6, 6.07) is 6.92. The van der Waals surface area contributed by atoms with Crippen LogP contribution in [0.1, 0.15) is 15.9 Å². The summed E-state index contributed by atoms with van der Waals surface area (Å²) in [5.74, 6) is -0.847. The third-order valence-corrected chi connectivity index (χ3v) is 3.18. The van der Waals surface area contributed by atoms with Gasteiger partial charge in [-0.1, -0.05) is 18.2 Å². The minimum absolute atomic E-state index is 0.0778. The molecule has 0 radical (unpaired) electrons. The Labute approximate surface area is 106 Å². The Hall–Kier alpha value is -1.88. The summed E-state index contributed by atoms with van der Waals surface area (Å²) in [6.45, 7) is 2.32. The number of aromatic carboxylic acids is 1. The summed E-state index contributed by atoms with van der Waals surface area (Å²) < 4.78 is 0. The molecule has 1 aromatic carbocycles. The van der Waals surface area contributed by atoms with E-state index in [1.54, 1.807) is 30.1 Å². The maximum absolute atomic E-state index is 11.6. The van der Waals surface area contributed by atoms with Gasteiger partial charge in [0.1, 0.15) is 0 Å². The average Bonchev–Trinajstić information content (AvgIpc) is 2.34. The van der Waals surface area contributed by atoms with Gasteiger partial charge in [0.15, 0.2) is 0 Å². The smallest absolute Gasteiger partial charge is 0.336 e. The van der Waals surface area contributed by atoms with Crippen molar-refractivity contribution in [1.82, 2.24) is 9.80 Å². The molecular formula is C13H16N2O3. The Balaban J connectivity index is 2.10. The van der Waals surface area contributed by atoms with E-state index in [0.717, 1.165) is 12.1 Å². The Bertz CT molecular complexity index is 473. The van der Waals surface area contributed by atoms with E-state index in [4.69, 9.17) is 5.11 Å². The number of hydrogen-bond acceptors (Lipinski definition) is 3. The molecule has 0 unspecified atom stereocenters. The van der Waals surface area contributed by atoms with Crippen LogP contribution in [0.25, 0.3) is 0 Å². The minimum Gasteiger partial charge on any atom is -0.478 e. The number of benzene rings is 1. The summed E-state index contributed by atoms with van der Waals surface area (Å²) >= 11 is 0. The SMILES string of the molecule is CN1CCN(Cc2ccccc2C(=O)O)CC1=O. The maximum atomic E-state index is 11.6. The Morgan fingerprint density at radius 1 is 1.33 bits per heavy atom. The molecular weight excluding hydrogens is 232 g/mol. The molecule has 1 fully saturated rings. The molecule has 96 valence electrons. The van der Waals surface area contributed by atoms with E-state index in [9.17, 15) is 9.59 Å². The van der Waals surface area contributed by atoms with E-state index in [1.807, 2.05) is 11.0 Å². The van der Waals surface area contributed by atoms with Crippen molar-refractivity contribution >= 4 is 11.9 Å². The lowest BCUT2D eigenvalue weighted by molar-refractivity contribution is -0.134. The lowest BCUT2D eigenvalue weighted by atomic mass is 10.1. The number of carboxylic acid groups (broad SMARTS) is 1. The van der Waals surface area contributed by atoms with Gasteiger partial charge in [-0.15, -0.1) is 0 Å². The fourth-order valence-electron chi connectivity index (χ4n) is 2.05. The van der Waals surface area contributed by atoms with Gasteiger partial charge >= 0.3 is 5.97 Å². The topological polar surface area (TPSA) is 60.9 Å². The van der Waals surface area contributed by atoms with E-state index in [0.29, 0.717) is 25.2 Å². The molecule has 1 saturated heterocycles. The number of piperazine rings is 1. The molecule has 1 aliphatic rings. The second kappa shape index (κ2) is 5.18. The van der Waals surface area contributed by atoms with Crippen LogP contribution < -0.4 is 0 Å². The normalized spacial score (nSPS) is 16.9. The van der Waals surface area contributed by atoms with Crippen molar-refractivity contribution < 1.29 is 14.7 Å². The van der Waals surface area contributed by atoms with Gasteiger partial charge in [0.05, 0.1) is 12.1 Å². The van der Waals surface area contributed by atoms with Crippen LogP contribution in [0, 0.1) is 0 Å². The fraction of sp³-hybridized carbons (Fsp3) is 0.385. The van der Waals surface area contributed by atoms with Crippen LogP contribution in [0.3, 0.4) is 0 Å². The first-order valence-corrected chi connectivity index (χ1v) is 5.85. The van der Waals surface area contributed by atoms with Crippen molar-refractivity contribution in [2.75, 3.05) is 26.7 Å². The Morgan fingerprint density at radius 3 is 2.72 bits per heavy atom. The third-order valence-electron chi connectivity index (χ3n) is 3.18. The summed E-state index contributed by atoms with van der Waals surface area (Å²) in [5, 5.41) is 9.10. The number of likely N-dealkylation sites (N-methyl/N-ethyl adjacent to an activating group) is 1. The van der Waals surface area contributed by atoms with E-state index >= 15 is 0 Å². The second-order valence-corrected chi connectivity index (χ2v) is 4.49. The highest BCUT2D eigenvalue weighted by atomic mass is 16.4. The summed E-state index contributed by atoms with van der Waals surface area (Å²) in [5.41, 5.74) is 1.06. The zero-order chi connectivity index (χ0) is 13.1. The lowest BCUT2D eigenvalue weighted by Gasteiger charge is -2.32. The van der Waals surface area contributed by atoms with Crippen molar-refractivity contribution in [2.45, 2.75) is 6.54 Å². The molecule has 0 bridgehead atoms. The first kappa shape index (κ1) is 12.6. The van der Waals surface area contributed by atoms with E-state index in [1.165, 1.54) is 0 Å². The minimum atomic E-state index is -0.925. The summed E-state index contributed by atoms with van der Waals surface area (Å²) in [4.78, 5) is 26.3. The van der Waals surface area contributed by atoms with Crippen LogP contribution in [0.15, 0.2) is 24.3 Å². The third kappa shape index (κ3) is 2.68. The van der Waals surface area contributed by atoms with Gasteiger partial charge in [-0.05, 0) is 11.6 Å². The standard InChI is InChI=1S/C13H16N2O3/c1-14-6-7-15(9-12(14)16)8-10-4-2-3-5-11(10)13(17)18/h2-5H,6-9H2,1H3,(H,17,18). The largest absolute Gasteiger partial charge is 0.478 e. The van der Waals surface area contributed by atoms with Gasteiger partial charge in [0.25, 0.3) is 0 Å². The molecule has 18 heavy (non-hydrogen) atoms. The van der Waals surface area contributed by atoms with Crippen LogP contribution in [0.5, 0.6) is 0 Å². The molecule has 1 N–H and O–H groups in total.